The van der Waals surface area contributed by atoms with Gasteiger partial charge >= 0.3 is 6.18 Å². The van der Waals surface area contributed by atoms with E-state index in [0.717, 1.165) is 12.1 Å². The highest BCUT2D eigenvalue weighted by atomic mass is 35.5. The summed E-state index contributed by atoms with van der Waals surface area (Å²) in [5.41, 5.74) is -0.952. The van der Waals surface area contributed by atoms with Gasteiger partial charge in [0.1, 0.15) is 5.69 Å². The SMILES string of the molecule is CCS(=O)(=O)c1ccc(Cl)cc1CNC(=O)c1cc(Cl)c(CN2CCC[C@H](NC(=O)c3ccc[nH]3)C2)c(C(F)(F)F)c1. The van der Waals surface area contributed by atoms with Crippen LogP contribution in [0.15, 0.2) is 53.6 Å². The molecule has 0 bridgehead atoms. The van der Waals surface area contributed by atoms with Crippen molar-refractivity contribution in [1.82, 2.24) is 20.5 Å². The Hall–Kier alpha value is -3.06. The highest BCUT2D eigenvalue weighted by molar-refractivity contribution is 7.91. The van der Waals surface area contributed by atoms with Crippen molar-refractivity contribution in [3.63, 3.8) is 0 Å². The Morgan fingerprint density at radius 2 is 1.88 bits per heavy atom. The van der Waals surface area contributed by atoms with Crippen LogP contribution >= 0.6 is 23.2 Å². The van der Waals surface area contributed by atoms with E-state index in [1.807, 2.05) is 0 Å². The van der Waals surface area contributed by atoms with Crippen molar-refractivity contribution < 1.29 is 31.2 Å². The van der Waals surface area contributed by atoms with Crippen LogP contribution in [0.3, 0.4) is 0 Å². The fourth-order valence-electron chi connectivity index (χ4n) is 4.88. The summed E-state index contributed by atoms with van der Waals surface area (Å²) in [5, 5.41) is 5.39. The van der Waals surface area contributed by atoms with Gasteiger partial charge in [0, 0.05) is 47.5 Å². The summed E-state index contributed by atoms with van der Waals surface area (Å²) >= 11 is 12.4. The molecule has 14 heteroatoms. The zero-order chi connectivity index (χ0) is 30.7. The van der Waals surface area contributed by atoms with E-state index in [9.17, 15) is 31.2 Å². The van der Waals surface area contributed by atoms with Crippen molar-refractivity contribution in [2.24, 2.45) is 0 Å². The van der Waals surface area contributed by atoms with E-state index in [2.05, 4.69) is 15.6 Å². The maximum absolute atomic E-state index is 14.2. The number of carbonyl (C=O) groups is 2. The van der Waals surface area contributed by atoms with Crippen LogP contribution in [0.1, 0.15) is 57.3 Å². The Morgan fingerprint density at radius 1 is 1.12 bits per heavy atom. The van der Waals surface area contributed by atoms with Gasteiger partial charge in [-0.1, -0.05) is 30.1 Å². The first kappa shape index (κ1) is 31.9. The number of hydrogen-bond donors (Lipinski definition) is 3. The van der Waals surface area contributed by atoms with Gasteiger partial charge in [0.25, 0.3) is 11.8 Å². The van der Waals surface area contributed by atoms with E-state index in [0.29, 0.717) is 31.6 Å². The fraction of sp³-hybridized carbons (Fsp3) is 0.357. The highest BCUT2D eigenvalue weighted by Gasteiger charge is 2.36. The third-order valence-corrected chi connectivity index (χ3v) is 9.41. The molecule has 8 nitrogen and oxygen atoms in total. The Labute approximate surface area is 251 Å². The number of piperidine rings is 1. The lowest BCUT2D eigenvalue weighted by Crippen LogP contribution is -2.47. The molecule has 0 spiro atoms. The molecule has 1 atom stereocenters. The molecular formula is C28H29Cl2F3N4O4S. The van der Waals surface area contributed by atoms with Crippen LogP contribution in [-0.2, 0) is 29.1 Å². The van der Waals surface area contributed by atoms with E-state index < -0.39 is 27.5 Å². The average Bonchev–Trinajstić information content (AvgIpc) is 3.47. The Kier molecular flexibility index (Phi) is 9.92. The van der Waals surface area contributed by atoms with E-state index in [1.165, 1.54) is 25.1 Å². The molecule has 4 rings (SSSR count). The van der Waals surface area contributed by atoms with Crippen molar-refractivity contribution in [3.8, 4) is 0 Å². The molecule has 1 fully saturated rings. The molecule has 0 unspecified atom stereocenters. The monoisotopic (exact) mass is 644 g/mol. The van der Waals surface area contributed by atoms with Crippen LogP contribution in [0, 0.1) is 0 Å². The quantitative estimate of drug-likeness (QED) is 0.287. The third-order valence-electron chi connectivity index (χ3n) is 7.01. The number of benzene rings is 2. The minimum Gasteiger partial charge on any atom is -0.357 e. The number of alkyl halides is 3. The summed E-state index contributed by atoms with van der Waals surface area (Å²) in [5.74, 6) is -1.34. The lowest BCUT2D eigenvalue weighted by atomic mass is 9.99. The lowest BCUT2D eigenvalue weighted by molar-refractivity contribution is -0.138. The fourth-order valence-corrected chi connectivity index (χ4v) is 6.47. The molecule has 2 heterocycles. The summed E-state index contributed by atoms with van der Waals surface area (Å²) in [4.78, 5) is 29.9. The first-order valence-corrected chi connectivity index (χ1v) is 15.5. The molecule has 226 valence electrons. The van der Waals surface area contributed by atoms with Gasteiger partial charge in [-0.15, -0.1) is 0 Å². The minimum atomic E-state index is -4.80. The molecule has 3 aromatic rings. The summed E-state index contributed by atoms with van der Waals surface area (Å²) in [6.45, 7) is 1.89. The average molecular weight is 646 g/mol. The van der Waals surface area contributed by atoms with Crippen molar-refractivity contribution in [1.29, 1.82) is 0 Å². The Morgan fingerprint density at radius 3 is 2.55 bits per heavy atom. The number of halogens is 5. The van der Waals surface area contributed by atoms with Gasteiger partial charge < -0.3 is 15.6 Å². The summed E-state index contributed by atoms with van der Waals surface area (Å²) in [6.07, 6.45) is -1.84. The normalized spacial score (nSPS) is 16.3. The van der Waals surface area contributed by atoms with E-state index in [1.54, 1.807) is 23.2 Å². The lowest BCUT2D eigenvalue weighted by Gasteiger charge is -2.34. The van der Waals surface area contributed by atoms with Crippen molar-refractivity contribution in [2.75, 3.05) is 18.8 Å². The molecule has 1 aliphatic rings. The number of nitrogens with one attached hydrogen (secondary N) is 3. The predicted octanol–water partition coefficient (Wildman–Crippen LogP) is 5.46. The van der Waals surface area contributed by atoms with Crippen LogP contribution in [0.4, 0.5) is 13.2 Å². The van der Waals surface area contributed by atoms with Crippen molar-refractivity contribution in [2.45, 2.75) is 50.0 Å². The van der Waals surface area contributed by atoms with Crippen LogP contribution in [-0.4, -0.2) is 55.0 Å². The number of aromatic nitrogens is 1. The number of likely N-dealkylation sites (tertiary alicyclic amines) is 1. The predicted molar refractivity (Wildman–Crippen MR) is 153 cm³/mol. The van der Waals surface area contributed by atoms with Gasteiger partial charge in [-0.25, -0.2) is 8.42 Å². The van der Waals surface area contributed by atoms with Gasteiger partial charge in [0.05, 0.1) is 16.2 Å². The topological polar surface area (TPSA) is 111 Å². The second-order valence-electron chi connectivity index (χ2n) is 9.95. The Balaban J connectivity index is 1.51. The van der Waals surface area contributed by atoms with Crippen LogP contribution in [0.5, 0.6) is 0 Å². The standard InChI is InChI=1S/C28H29Cl2F3N4O4S/c1-2-42(40,41)25-8-7-19(29)11-18(25)14-35-26(38)17-12-22(28(31,32)33)21(23(30)13-17)16-37-10-4-5-20(15-37)36-27(39)24-6-3-9-34-24/h3,6-9,11-13,20,34H,2,4-5,10,14-16H2,1H3,(H,35,38)(H,36,39)/t20-/m0/s1. The van der Waals surface area contributed by atoms with Crippen molar-refractivity contribution >= 4 is 44.9 Å². The highest BCUT2D eigenvalue weighted by Crippen LogP contribution is 2.37. The van der Waals surface area contributed by atoms with Gasteiger partial charge in [-0.2, -0.15) is 13.2 Å². The second-order valence-corrected chi connectivity index (χ2v) is 13.0. The zero-order valence-electron chi connectivity index (χ0n) is 22.5. The largest absolute Gasteiger partial charge is 0.416 e. The van der Waals surface area contributed by atoms with Crippen molar-refractivity contribution in [3.05, 3.63) is 86.7 Å². The van der Waals surface area contributed by atoms with Gasteiger partial charge in [-0.05, 0) is 73.0 Å². The van der Waals surface area contributed by atoms with Crippen LogP contribution in [0.2, 0.25) is 10.0 Å². The third kappa shape index (κ3) is 7.66. The number of rotatable bonds is 9. The molecule has 1 aromatic heterocycles. The number of amides is 2. The molecule has 0 aliphatic carbocycles. The number of sulfone groups is 1. The van der Waals surface area contributed by atoms with E-state index >= 15 is 0 Å². The summed E-state index contributed by atoms with van der Waals surface area (Å²) in [6, 6.07) is 9.08. The minimum absolute atomic E-state index is 0.0250. The van der Waals surface area contributed by atoms with E-state index in [4.69, 9.17) is 23.2 Å². The number of carbonyl (C=O) groups excluding carboxylic acids is 2. The maximum atomic E-state index is 14.2. The zero-order valence-corrected chi connectivity index (χ0v) is 24.9. The van der Waals surface area contributed by atoms with E-state index in [-0.39, 0.29) is 62.4 Å². The number of H-pyrrole nitrogens is 1. The molecule has 2 amide bonds. The number of hydrogen-bond acceptors (Lipinski definition) is 5. The molecule has 3 N–H and O–H groups in total. The van der Waals surface area contributed by atoms with Gasteiger partial charge in [0.2, 0.25) is 0 Å². The Bertz CT molecular complexity index is 1560. The number of nitrogens with zero attached hydrogens (tertiary/aromatic N) is 1. The summed E-state index contributed by atoms with van der Waals surface area (Å²) in [7, 11) is -3.64. The van der Waals surface area contributed by atoms with Crippen LogP contribution in [0.25, 0.3) is 0 Å². The second kappa shape index (κ2) is 13.1. The first-order chi connectivity index (χ1) is 19.8. The van der Waals surface area contributed by atoms with Gasteiger partial charge in [-0.3, -0.25) is 14.5 Å². The summed E-state index contributed by atoms with van der Waals surface area (Å²) < 4.78 is 67.5. The maximum Gasteiger partial charge on any atom is 0.416 e. The van der Waals surface area contributed by atoms with Gasteiger partial charge in [0.15, 0.2) is 9.84 Å². The molecular weight excluding hydrogens is 616 g/mol. The molecule has 1 saturated heterocycles. The molecule has 42 heavy (non-hydrogen) atoms. The smallest absolute Gasteiger partial charge is 0.357 e. The molecule has 0 radical (unpaired) electrons. The molecule has 2 aromatic carbocycles. The number of aromatic amines is 1. The molecule has 1 aliphatic heterocycles. The first-order valence-electron chi connectivity index (χ1n) is 13.1. The van der Waals surface area contributed by atoms with Crippen LogP contribution < -0.4 is 10.6 Å². The molecule has 0 saturated carbocycles.